The number of anilines is 1. The predicted molar refractivity (Wildman–Crippen MR) is 67.2 cm³/mol. The maximum atomic E-state index is 5.71. The van der Waals surface area contributed by atoms with Crippen LogP contribution in [-0.4, -0.2) is 25.0 Å². The SMILES string of the molecule is Nc1ccc(Br)c(Oc2cncc3nnnn23)c1. The summed E-state index contributed by atoms with van der Waals surface area (Å²) in [7, 11) is 0. The first kappa shape index (κ1) is 10.9. The predicted octanol–water partition coefficient (Wildman–Crippen LogP) is 1.66. The van der Waals surface area contributed by atoms with Crippen LogP contribution in [0.3, 0.4) is 0 Å². The molecule has 0 unspecified atom stereocenters. The molecule has 0 spiro atoms. The van der Waals surface area contributed by atoms with Crippen LogP contribution in [0.15, 0.2) is 35.1 Å². The zero-order chi connectivity index (χ0) is 12.5. The van der Waals surface area contributed by atoms with E-state index in [0.717, 1.165) is 4.47 Å². The quantitative estimate of drug-likeness (QED) is 0.724. The number of rotatable bonds is 2. The van der Waals surface area contributed by atoms with E-state index >= 15 is 0 Å². The number of tetrazole rings is 1. The monoisotopic (exact) mass is 306 g/mol. The first-order valence-electron chi connectivity index (χ1n) is 4.99. The molecule has 90 valence electrons. The Labute approximate surface area is 110 Å². The van der Waals surface area contributed by atoms with Crippen molar-refractivity contribution in [2.24, 2.45) is 0 Å². The molecule has 0 bridgehead atoms. The molecule has 0 fully saturated rings. The molecule has 7 nitrogen and oxygen atoms in total. The summed E-state index contributed by atoms with van der Waals surface area (Å²) in [6.45, 7) is 0. The molecule has 0 saturated heterocycles. The van der Waals surface area contributed by atoms with Gasteiger partial charge in [0.05, 0.1) is 16.9 Å². The molecule has 1 aromatic carbocycles. The molecule has 18 heavy (non-hydrogen) atoms. The van der Waals surface area contributed by atoms with Crippen LogP contribution in [0.1, 0.15) is 0 Å². The van der Waals surface area contributed by atoms with Crippen LogP contribution in [0, 0.1) is 0 Å². The fraction of sp³-hybridized carbons (Fsp3) is 0. The van der Waals surface area contributed by atoms with Crippen molar-refractivity contribution >= 4 is 27.3 Å². The largest absolute Gasteiger partial charge is 0.436 e. The third-order valence-corrected chi connectivity index (χ3v) is 2.90. The third-order valence-electron chi connectivity index (χ3n) is 2.25. The number of nitrogen functional groups attached to an aromatic ring is 1. The lowest BCUT2D eigenvalue weighted by atomic mass is 10.3. The summed E-state index contributed by atoms with van der Waals surface area (Å²) in [5.74, 6) is 0.976. The molecule has 0 radical (unpaired) electrons. The summed E-state index contributed by atoms with van der Waals surface area (Å²) >= 11 is 3.38. The number of hydrogen-bond donors (Lipinski definition) is 1. The van der Waals surface area contributed by atoms with Gasteiger partial charge in [0.2, 0.25) is 11.5 Å². The molecule has 3 aromatic rings. The minimum atomic E-state index is 0.406. The second kappa shape index (κ2) is 4.22. The van der Waals surface area contributed by atoms with Crippen LogP contribution in [0.4, 0.5) is 5.69 Å². The average Bonchev–Trinajstić information content (AvgIpc) is 2.83. The molecule has 0 atom stereocenters. The van der Waals surface area contributed by atoms with E-state index in [0.29, 0.717) is 23.0 Å². The smallest absolute Gasteiger partial charge is 0.242 e. The highest BCUT2D eigenvalue weighted by atomic mass is 79.9. The van der Waals surface area contributed by atoms with E-state index in [1.807, 2.05) is 0 Å². The van der Waals surface area contributed by atoms with Gasteiger partial charge in [-0.2, -0.15) is 4.52 Å². The highest BCUT2D eigenvalue weighted by Gasteiger charge is 2.08. The fourth-order valence-electron chi connectivity index (χ4n) is 1.43. The maximum Gasteiger partial charge on any atom is 0.242 e. The molecule has 3 rings (SSSR count). The Morgan fingerprint density at radius 1 is 1.28 bits per heavy atom. The standard InChI is InChI=1S/C10H7BrN6O/c11-7-2-1-6(12)3-8(7)18-10-5-13-4-9-14-15-16-17(9)10/h1-5H,12H2. The molecular formula is C10H7BrN6O. The van der Waals surface area contributed by atoms with Crippen molar-refractivity contribution < 1.29 is 4.74 Å². The van der Waals surface area contributed by atoms with Crippen molar-refractivity contribution in [2.75, 3.05) is 5.73 Å². The molecule has 0 amide bonds. The Morgan fingerprint density at radius 2 is 2.17 bits per heavy atom. The maximum absolute atomic E-state index is 5.71. The summed E-state index contributed by atoms with van der Waals surface area (Å²) in [5, 5.41) is 11.1. The van der Waals surface area contributed by atoms with E-state index in [1.54, 1.807) is 24.4 Å². The van der Waals surface area contributed by atoms with Gasteiger partial charge in [-0.1, -0.05) is 0 Å². The third kappa shape index (κ3) is 1.86. The van der Waals surface area contributed by atoms with E-state index in [9.17, 15) is 0 Å². The Morgan fingerprint density at radius 3 is 3.06 bits per heavy atom. The van der Waals surface area contributed by atoms with Crippen LogP contribution in [-0.2, 0) is 0 Å². The van der Waals surface area contributed by atoms with Gasteiger partial charge in [-0.3, -0.25) is 4.98 Å². The molecule has 2 N–H and O–H groups in total. The molecule has 0 aliphatic heterocycles. The molecule has 2 heterocycles. The first-order chi connectivity index (χ1) is 8.74. The molecule has 0 aliphatic rings. The van der Waals surface area contributed by atoms with Crippen LogP contribution >= 0.6 is 15.9 Å². The van der Waals surface area contributed by atoms with Gasteiger partial charge in [0.1, 0.15) is 5.75 Å². The van der Waals surface area contributed by atoms with E-state index in [4.69, 9.17) is 10.5 Å². The number of nitrogens with zero attached hydrogens (tertiary/aromatic N) is 5. The lowest BCUT2D eigenvalue weighted by Crippen LogP contribution is -1.97. The second-order valence-electron chi connectivity index (χ2n) is 3.49. The van der Waals surface area contributed by atoms with Gasteiger partial charge in [-0.05, 0) is 38.5 Å². The number of halogens is 1. The van der Waals surface area contributed by atoms with Crippen molar-refractivity contribution in [3.63, 3.8) is 0 Å². The topological polar surface area (TPSA) is 91.2 Å². The first-order valence-corrected chi connectivity index (χ1v) is 5.78. The number of hydrogen-bond acceptors (Lipinski definition) is 6. The zero-order valence-electron chi connectivity index (χ0n) is 8.99. The van der Waals surface area contributed by atoms with Crippen molar-refractivity contribution in [1.29, 1.82) is 0 Å². The highest BCUT2D eigenvalue weighted by molar-refractivity contribution is 9.10. The summed E-state index contributed by atoms with van der Waals surface area (Å²) in [6.07, 6.45) is 3.07. The van der Waals surface area contributed by atoms with Crippen LogP contribution in [0.25, 0.3) is 5.65 Å². The number of aromatic nitrogens is 5. The van der Waals surface area contributed by atoms with Gasteiger partial charge in [-0.25, -0.2) is 0 Å². The van der Waals surface area contributed by atoms with Gasteiger partial charge in [-0.15, -0.1) is 5.10 Å². The van der Waals surface area contributed by atoms with Crippen molar-refractivity contribution in [1.82, 2.24) is 25.0 Å². The molecule has 8 heteroatoms. The van der Waals surface area contributed by atoms with Gasteiger partial charge in [0.25, 0.3) is 0 Å². The Hall–Kier alpha value is -2.22. The number of nitrogens with two attached hydrogens (primary N) is 1. The van der Waals surface area contributed by atoms with Crippen LogP contribution in [0.2, 0.25) is 0 Å². The van der Waals surface area contributed by atoms with Gasteiger partial charge in [0.15, 0.2) is 0 Å². The summed E-state index contributed by atoms with van der Waals surface area (Å²) in [6, 6.07) is 5.28. The Kier molecular flexibility index (Phi) is 2.56. The number of benzene rings is 1. The van der Waals surface area contributed by atoms with Crippen molar-refractivity contribution in [3.8, 4) is 11.6 Å². The molecule has 0 saturated carbocycles. The normalized spacial score (nSPS) is 10.7. The lowest BCUT2D eigenvalue weighted by molar-refractivity contribution is 0.440. The van der Waals surface area contributed by atoms with Crippen LogP contribution < -0.4 is 10.5 Å². The Bertz CT molecular complexity index is 712. The van der Waals surface area contributed by atoms with E-state index in [2.05, 4.69) is 36.4 Å². The average molecular weight is 307 g/mol. The van der Waals surface area contributed by atoms with Crippen LogP contribution in [0.5, 0.6) is 11.6 Å². The van der Waals surface area contributed by atoms with Crippen molar-refractivity contribution in [3.05, 3.63) is 35.1 Å². The van der Waals surface area contributed by atoms with Gasteiger partial charge >= 0.3 is 0 Å². The Balaban J connectivity index is 2.06. The zero-order valence-corrected chi connectivity index (χ0v) is 10.6. The lowest BCUT2D eigenvalue weighted by Gasteiger charge is -2.08. The van der Waals surface area contributed by atoms with E-state index < -0.39 is 0 Å². The summed E-state index contributed by atoms with van der Waals surface area (Å²) < 4.78 is 7.92. The van der Waals surface area contributed by atoms with Crippen molar-refractivity contribution in [2.45, 2.75) is 0 Å². The van der Waals surface area contributed by atoms with Gasteiger partial charge < -0.3 is 10.5 Å². The summed E-state index contributed by atoms with van der Waals surface area (Å²) in [4.78, 5) is 4.00. The minimum Gasteiger partial charge on any atom is -0.436 e. The molecular weight excluding hydrogens is 300 g/mol. The van der Waals surface area contributed by atoms with E-state index in [-0.39, 0.29) is 0 Å². The second-order valence-corrected chi connectivity index (χ2v) is 4.34. The molecule has 2 aromatic heterocycles. The summed E-state index contributed by atoms with van der Waals surface area (Å²) in [5.41, 5.74) is 6.82. The highest BCUT2D eigenvalue weighted by Crippen LogP contribution is 2.30. The molecule has 0 aliphatic carbocycles. The van der Waals surface area contributed by atoms with Gasteiger partial charge in [0, 0.05) is 11.8 Å². The number of fused-ring (bicyclic) bond motifs is 1. The van der Waals surface area contributed by atoms with E-state index in [1.165, 1.54) is 10.7 Å². The fourth-order valence-corrected chi connectivity index (χ4v) is 1.76. The number of ether oxygens (including phenoxy) is 1. The minimum absolute atomic E-state index is 0.406.